The number of carbonyl (C=O) groups is 1. The molecule has 2 aromatic carbocycles. The number of nitrogens with zero attached hydrogens (tertiary/aromatic N) is 3. The van der Waals surface area contributed by atoms with Crippen LogP contribution in [0.15, 0.2) is 85.0 Å². The Labute approximate surface area is 254 Å². The standard InChI is InChI=1S/C32H26F6N6O/c1-20-9-12-44(40-16-20)17-25-7-8-26(15-27(25)32(36,37)38)41-30(45)24-5-3-21(2)23(14-24)6-4-22-10-11-43-18-28(42-29(43)13-22)39-19-31(33,34)35/h3,5,7-16,18,39-40H,17,19H2,1-2H3,(H,41,45). The number of benzene rings is 2. The summed E-state index contributed by atoms with van der Waals surface area (Å²) in [5, 5.41) is 6.29. The molecule has 7 nitrogen and oxygen atoms in total. The second-order valence-corrected chi connectivity index (χ2v) is 10.3. The Balaban J connectivity index is 1.31. The molecule has 1 aliphatic rings. The molecule has 1 amide bonds. The van der Waals surface area contributed by atoms with Crippen molar-refractivity contribution in [3.8, 4) is 11.8 Å². The average molecular weight is 625 g/mol. The fourth-order valence-corrected chi connectivity index (χ4v) is 4.40. The predicted octanol–water partition coefficient (Wildman–Crippen LogP) is 7.03. The summed E-state index contributed by atoms with van der Waals surface area (Å²) in [7, 11) is 0. The highest BCUT2D eigenvalue weighted by atomic mass is 19.4. The number of halogens is 6. The maximum Gasteiger partial charge on any atom is 0.416 e. The van der Waals surface area contributed by atoms with Gasteiger partial charge in [-0.1, -0.05) is 24.0 Å². The zero-order valence-corrected chi connectivity index (χ0v) is 23.9. The molecule has 0 unspecified atom stereocenters. The Morgan fingerprint density at radius 1 is 1.00 bits per heavy atom. The Morgan fingerprint density at radius 2 is 1.80 bits per heavy atom. The lowest BCUT2D eigenvalue weighted by atomic mass is 10.0. The molecule has 5 rings (SSSR count). The third-order valence-electron chi connectivity index (χ3n) is 6.76. The topological polar surface area (TPSA) is 73.7 Å². The normalized spacial score (nSPS) is 13.2. The minimum Gasteiger partial charge on any atom is -0.360 e. The van der Waals surface area contributed by atoms with Crippen LogP contribution in [0, 0.1) is 18.8 Å². The average Bonchev–Trinajstić information content (AvgIpc) is 3.39. The molecule has 0 atom stereocenters. The van der Waals surface area contributed by atoms with Crippen LogP contribution < -0.4 is 16.1 Å². The van der Waals surface area contributed by atoms with Crippen LogP contribution in [0.2, 0.25) is 0 Å². The summed E-state index contributed by atoms with van der Waals surface area (Å²) in [4.78, 5) is 17.2. The molecule has 0 aliphatic carbocycles. The van der Waals surface area contributed by atoms with Crippen LogP contribution in [0.1, 0.15) is 45.1 Å². The Hall–Kier alpha value is -5.38. The molecule has 0 radical (unpaired) electrons. The van der Waals surface area contributed by atoms with Crippen molar-refractivity contribution in [1.29, 1.82) is 0 Å². The van der Waals surface area contributed by atoms with Crippen molar-refractivity contribution in [3.05, 3.63) is 118 Å². The number of aromatic nitrogens is 2. The highest BCUT2D eigenvalue weighted by Crippen LogP contribution is 2.34. The molecule has 3 heterocycles. The van der Waals surface area contributed by atoms with E-state index in [0.29, 0.717) is 16.8 Å². The second kappa shape index (κ2) is 12.3. The number of aryl methyl sites for hydroxylation is 1. The van der Waals surface area contributed by atoms with Crippen molar-refractivity contribution in [2.24, 2.45) is 0 Å². The summed E-state index contributed by atoms with van der Waals surface area (Å²) in [5.74, 6) is 5.40. The number of hydrogen-bond donors (Lipinski definition) is 3. The summed E-state index contributed by atoms with van der Waals surface area (Å²) in [6.07, 6.45) is -0.887. The maximum absolute atomic E-state index is 13.9. The van der Waals surface area contributed by atoms with E-state index in [-0.39, 0.29) is 29.2 Å². The highest BCUT2D eigenvalue weighted by molar-refractivity contribution is 6.04. The number of hydrazine groups is 1. The molecule has 2 aromatic heterocycles. The summed E-state index contributed by atoms with van der Waals surface area (Å²) >= 11 is 0. The van der Waals surface area contributed by atoms with Crippen LogP contribution in [0.3, 0.4) is 0 Å². The van der Waals surface area contributed by atoms with E-state index < -0.39 is 30.4 Å². The van der Waals surface area contributed by atoms with Crippen molar-refractivity contribution in [2.45, 2.75) is 32.7 Å². The van der Waals surface area contributed by atoms with Gasteiger partial charge in [0, 0.05) is 41.0 Å². The van der Waals surface area contributed by atoms with Gasteiger partial charge in [-0.05, 0) is 73.0 Å². The van der Waals surface area contributed by atoms with Gasteiger partial charge in [-0.3, -0.25) is 9.80 Å². The first kappa shape index (κ1) is 31.1. The van der Waals surface area contributed by atoms with E-state index in [1.807, 2.05) is 6.92 Å². The van der Waals surface area contributed by atoms with Gasteiger partial charge in [-0.2, -0.15) is 26.3 Å². The smallest absolute Gasteiger partial charge is 0.360 e. The zero-order valence-electron chi connectivity index (χ0n) is 23.9. The Kier molecular flexibility index (Phi) is 8.50. The van der Waals surface area contributed by atoms with Crippen molar-refractivity contribution >= 4 is 23.1 Å². The highest BCUT2D eigenvalue weighted by Gasteiger charge is 2.34. The second-order valence-electron chi connectivity index (χ2n) is 10.3. The molecule has 4 aromatic rings. The third kappa shape index (κ3) is 7.97. The number of rotatable bonds is 6. The van der Waals surface area contributed by atoms with Crippen LogP contribution in [-0.4, -0.2) is 33.0 Å². The minimum atomic E-state index is -4.64. The van der Waals surface area contributed by atoms with Gasteiger partial charge in [0.1, 0.15) is 18.0 Å². The molecule has 0 saturated carbocycles. The molecule has 3 N–H and O–H groups in total. The first-order valence-electron chi connectivity index (χ1n) is 13.5. The molecule has 45 heavy (non-hydrogen) atoms. The van der Waals surface area contributed by atoms with Gasteiger partial charge < -0.3 is 20.5 Å². The number of alkyl halides is 6. The fraction of sp³-hybridized carbons (Fsp3) is 0.188. The first-order chi connectivity index (χ1) is 21.2. The van der Waals surface area contributed by atoms with Crippen LogP contribution in [-0.2, 0) is 12.7 Å². The minimum absolute atomic E-state index is 0.0146. The number of fused-ring (bicyclic) bond motifs is 1. The van der Waals surface area contributed by atoms with Gasteiger partial charge in [0.05, 0.1) is 18.3 Å². The first-order valence-corrected chi connectivity index (χ1v) is 13.5. The van der Waals surface area contributed by atoms with Crippen LogP contribution in [0.25, 0.3) is 5.65 Å². The summed E-state index contributed by atoms with van der Waals surface area (Å²) in [5.41, 5.74) is 5.36. The van der Waals surface area contributed by atoms with E-state index >= 15 is 0 Å². The summed E-state index contributed by atoms with van der Waals surface area (Å²) in [6.45, 7) is 2.38. The SMILES string of the molecule is CC1=CNN(Cc2ccc(NC(=O)c3ccc(C)c(C#Cc4ccn5cc(NCC(F)(F)F)nc5c4)c3)cc2C(F)(F)F)C=C1. The molecule has 0 bridgehead atoms. The molecule has 1 aliphatic heterocycles. The number of nitrogens with one attached hydrogen (secondary N) is 3. The Morgan fingerprint density at radius 3 is 2.51 bits per heavy atom. The van der Waals surface area contributed by atoms with E-state index in [2.05, 4.69) is 32.9 Å². The van der Waals surface area contributed by atoms with Gasteiger partial charge in [-0.15, -0.1) is 0 Å². The molecule has 0 fully saturated rings. The van der Waals surface area contributed by atoms with Gasteiger partial charge in [-0.25, -0.2) is 4.98 Å². The van der Waals surface area contributed by atoms with Crippen LogP contribution >= 0.6 is 0 Å². The van der Waals surface area contributed by atoms with E-state index in [1.165, 1.54) is 29.4 Å². The molecule has 0 spiro atoms. The Bertz CT molecular complexity index is 1880. The van der Waals surface area contributed by atoms with Crippen LogP contribution in [0.4, 0.5) is 37.8 Å². The summed E-state index contributed by atoms with van der Waals surface area (Å²) < 4.78 is 80.9. The third-order valence-corrected chi connectivity index (χ3v) is 6.76. The lowest BCUT2D eigenvalue weighted by Gasteiger charge is -2.25. The number of pyridine rings is 1. The van der Waals surface area contributed by atoms with Crippen molar-refractivity contribution < 1.29 is 31.1 Å². The van der Waals surface area contributed by atoms with E-state index in [9.17, 15) is 31.1 Å². The fourth-order valence-electron chi connectivity index (χ4n) is 4.40. The van der Waals surface area contributed by atoms with E-state index in [0.717, 1.165) is 17.2 Å². The maximum atomic E-state index is 13.9. The van der Waals surface area contributed by atoms with Gasteiger partial charge in [0.25, 0.3) is 5.91 Å². The van der Waals surface area contributed by atoms with E-state index in [1.54, 1.807) is 60.3 Å². The van der Waals surface area contributed by atoms with Gasteiger partial charge in [0.2, 0.25) is 0 Å². The monoisotopic (exact) mass is 624 g/mol. The van der Waals surface area contributed by atoms with Crippen LogP contribution in [0.5, 0.6) is 0 Å². The molecule has 13 heteroatoms. The number of carbonyl (C=O) groups excluding carboxylic acids is 1. The van der Waals surface area contributed by atoms with Crippen molar-refractivity contribution in [3.63, 3.8) is 0 Å². The van der Waals surface area contributed by atoms with Crippen molar-refractivity contribution in [2.75, 3.05) is 17.2 Å². The number of imidazole rings is 1. The molecular formula is C32H26F6N6O. The lowest BCUT2D eigenvalue weighted by molar-refractivity contribution is -0.138. The van der Waals surface area contributed by atoms with E-state index in [4.69, 9.17) is 0 Å². The molecule has 0 saturated heterocycles. The predicted molar refractivity (Wildman–Crippen MR) is 158 cm³/mol. The number of amides is 1. The number of allylic oxidation sites excluding steroid dienone is 2. The van der Waals surface area contributed by atoms with Gasteiger partial charge >= 0.3 is 12.4 Å². The van der Waals surface area contributed by atoms with Gasteiger partial charge in [0.15, 0.2) is 0 Å². The molecule has 232 valence electrons. The zero-order chi connectivity index (χ0) is 32.4. The lowest BCUT2D eigenvalue weighted by Crippen LogP contribution is -2.31. The number of anilines is 2. The van der Waals surface area contributed by atoms with Crippen molar-refractivity contribution in [1.82, 2.24) is 19.8 Å². The number of hydrogen-bond acceptors (Lipinski definition) is 5. The quantitative estimate of drug-likeness (QED) is 0.159. The molecular weight excluding hydrogens is 598 g/mol. The summed E-state index contributed by atoms with van der Waals surface area (Å²) in [6, 6.07) is 11.7. The largest absolute Gasteiger partial charge is 0.416 e.